The van der Waals surface area contributed by atoms with Gasteiger partial charge < -0.3 is 10.2 Å². The highest BCUT2D eigenvalue weighted by Gasteiger charge is 2.32. The van der Waals surface area contributed by atoms with Gasteiger partial charge in [-0.25, -0.2) is 12.8 Å². The Kier molecular flexibility index (Phi) is 9.19. The number of para-hydroxylation sites is 1. The Morgan fingerprint density at radius 2 is 1.50 bits per heavy atom. The Bertz CT molecular complexity index is 1270. The Morgan fingerprint density at radius 3 is 2.11 bits per heavy atom. The van der Waals surface area contributed by atoms with E-state index in [0.29, 0.717) is 18.7 Å². The zero-order valence-electron chi connectivity index (χ0n) is 20.3. The normalized spacial score (nSPS) is 12.0. The van der Waals surface area contributed by atoms with Crippen molar-refractivity contribution in [1.82, 2.24) is 10.2 Å². The number of benzene rings is 3. The van der Waals surface area contributed by atoms with Crippen LogP contribution in [-0.2, 0) is 26.2 Å². The van der Waals surface area contributed by atoms with Gasteiger partial charge in [0.05, 0.1) is 10.6 Å². The first-order chi connectivity index (χ1) is 17.3. The van der Waals surface area contributed by atoms with Gasteiger partial charge >= 0.3 is 0 Å². The number of hydrogen-bond donors (Lipinski definition) is 1. The molecule has 2 amide bonds. The Morgan fingerprint density at radius 1 is 0.917 bits per heavy atom. The third-order valence-electron chi connectivity index (χ3n) is 5.67. The van der Waals surface area contributed by atoms with E-state index in [2.05, 4.69) is 5.32 Å². The third kappa shape index (κ3) is 6.48. The van der Waals surface area contributed by atoms with Crippen LogP contribution < -0.4 is 9.62 Å². The van der Waals surface area contributed by atoms with Gasteiger partial charge in [-0.05, 0) is 43.7 Å². The van der Waals surface area contributed by atoms with E-state index in [9.17, 15) is 22.4 Å². The number of nitrogens with zero attached hydrogens (tertiary/aromatic N) is 2. The highest BCUT2D eigenvalue weighted by Crippen LogP contribution is 2.24. The lowest BCUT2D eigenvalue weighted by atomic mass is 10.1. The fraction of sp³-hybridized carbons (Fsp3) is 0.259. The van der Waals surface area contributed by atoms with Crippen LogP contribution >= 0.6 is 0 Å². The van der Waals surface area contributed by atoms with Crippen LogP contribution in [0.3, 0.4) is 0 Å². The molecule has 0 saturated heterocycles. The fourth-order valence-corrected chi connectivity index (χ4v) is 5.07. The summed E-state index contributed by atoms with van der Waals surface area (Å²) >= 11 is 0. The number of anilines is 1. The zero-order valence-corrected chi connectivity index (χ0v) is 21.1. The van der Waals surface area contributed by atoms with Crippen LogP contribution in [-0.4, -0.2) is 44.3 Å². The standard InChI is InChI=1S/C27H30FN3O4S/c1-3-18-29-27(33)21(2)30(19-22-12-10-11-17-25(22)28)26(32)20-31(23-13-6-4-7-14-23)36(34,35)24-15-8-5-9-16-24/h4-17,21H,3,18-20H2,1-2H3,(H,29,33)/t21-/m0/s1. The average molecular weight is 512 g/mol. The van der Waals surface area contributed by atoms with Crippen molar-refractivity contribution < 1.29 is 22.4 Å². The van der Waals surface area contributed by atoms with Gasteiger partial charge in [0.1, 0.15) is 18.4 Å². The van der Waals surface area contributed by atoms with E-state index < -0.39 is 40.2 Å². The second-order valence-corrected chi connectivity index (χ2v) is 10.1. The summed E-state index contributed by atoms with van der Waals surface area (Å²) in [6.45, 7) is 3.10. The minimum Gasteiger partial charge on any atom is -0.354 e. The van der Waals surface area contributed by atoms with Crippen LogP contribution in [0.1, 0.15) is 25.8 Å². The largest absolute Gasteiger partial charge is 0.354 e. The van der Waals surface area contributed by atoms with Gasteiger partial charge in [-0.2, -0.15) is 0 Å². The predicted molar refractivity (Wildman–Crippen MR) is 137 cm³/mol. The van der Waals surface area contributed by atoms with E-state index in [1.54, 1.807) is 61.5 Å². The van der Waals surface area contributed by atoms with Gasteiger partial charge in [-0.15, -0.1) is 0 Å². The van der Waals surface area contributed by atoms with E-state index in [0.717, 1.165) is 4.31 Å². The molecule has 0 aliphatic rings. The Balaban J connectivity index is 1.99. The molecular weight excluding hydrogens is 481 g/mol. The highest BCUT2D eigenvalue weighted by molar-refractivity contribution is 7.92. The molecule has 0 radical (unpaired) electrons. The molecule has 3 aromatic carbocycles. The van der Waals surface area contributed by atoms with Crippen molar-refractivity contribution in [3.8, 4) is 0 Å². The monoisotopic (exact) mass is 511 g/mol. The molecule has 0 saturated carbocycles. The summed E-state index contributed by atoms with van der Waals surface area (Å²) in [7, 11) is -4.11. The van der Waals surface area contributed by atoms with Crippen LogP contribution in [0.5, 0.6) is 0 Å². The van der Waals surface area contributed by atoms with E-state index in [-0.39, 0.29) is 17.0 Å². The maximum absolute atomic E-state index is 14.5. The number of hydrogen-bond acceptors (Lipinski definition) is 4. The van der Waals surface area contributed by atoms with E-state index in [1.807, 2.05) is 6.92 Å². The van der Waals surface area contributed by atoms with Crippen molar-refractivity contribution >= 4 is 27.5 Å². The van der Waals surface area contributed by atoms with Gasteiger partial charge in [-0.3, -0.25) is 13.9 Å². The van der Waals surface area contributed by atoms with Crippen molar-refractivity contribution in [3.05, 3.63) is 96.3 Å². The van der Waals surface area contributed by atoms with Crippen molar-refractivity contribution in [2.45, 2.75) is 37.8 Å². The van der Waals surface area contributed by atoms with Crippen molar-refractivity contribution in [1.29, 1.82) is 0 Å². The first kappa shape index (κ1) is 26.9. The van der Waals surface area contributed by atoms with E-state index >= 15 is 0 Å². The highest BCUT2D eigenvalue weighted by atomic mass is 32.2. The van der Waals surface area contributed by atoms with Gasteiger partial charge in [0.2, 0.25) is 11.8 Å². The topological polar surface area (TPSA) is 86.8 Å². The van der Waals surface area contributed by atoms with Crippen LogP contribution in [0.25, 0.3) is 0 Å². The number of amides is 2. The lowest BCUT2D eigenvalue weighted by molar-refractivity contribution is -0.139. The number of sulfonamides is 1. The zero-order chi connectivity index (χ0) is 26.1. The lowest BCUT2D eigenvalue weighted by Crippen LogP contribution is -2.51. The summed E-state index contributed by atoms with van der Waals surface area (Å²) in [5.41, 5.74) is 0.516. The van der Waals surface area contributed by atoms with E-state index in [4.69, 9.17) is 0 Å². The molecule has 0 aliphatic carbocycles. The summed E-state index contributed by atoms with van der Waals surface area (Å²) < 4.78 is 42.6. The van der Waals surface area contributed by atoms with Crippen molar-refractivity contribution in [3.63, 3.8) is 0 Å². The first-order valence-corrected chi connectivity index (χ1v) is 13.1. The molecule has 36 heavy (non-hydrogen) atoms. The van der Waals surface area contributed by atoms with Crippen molar-refractivity contribution in [2.24, 2.45) is 0 Å². The Hall–Kier alpha value is -3.72. The van der Waals surface area contributed by atoms with Gasteiger partial charge in [-0.1, -0.05) is 61.5 Å². The summed E-state index contributed by atoms with van der Waals surface area (Å²) in [6.07, 6.45) is 0.705. The number of rotatable bonds is 11. The minimum atomic E-state index is -4.11. The molecule has 7 nitrogen and oxygen atoms in total. The molecule has 190 valence electrons. The van der Waals surface area contributed by atoms with Gasteiger partial charge in [0.15, 0.2) is 0 Å². The number of halogens is 1. The van der Waals surface area contributed by atoms with Gasteiger partial charge in [0, 0.05) is 18.7 Å². The maximum Gasteiger partial charge on any atom is 0.264 e. The molecule has 0 aromatic heterocycles. The molecule has 3 rings (SSSR count). The van der Waals surface area contributed by atoms with Crippen LogP contribution in [0.4, 0.5) is 10.1 Å². The second kappa shape index (κ2) is 12.3. The number of carbonyl (C=O) groups is 2. The Labute approximate surface area is 211 Å². The van der Waals surface area contributed by atoms with Crippen LogP contribution in [0, 0.1) is 5.82 Å². The predicted octanol–water partition coefficient (Wildman–Crippen LogP) is 3.96. The minimum absolute atomic E-state index is 0.0241. The van der Waals surface area contributed by atoms with Crippen LogP contribution in [0.15, 0.2) is 89.8 Å². The lowest BCUT2D eigenvalue weighted by Gasteiger charge is -2.32. The van der Waals surface area contributed by atoms with Crippen LogP contribution in [0.2, 0.25) is 0 Å². The molecule has 3 aromatic rings. The van der Waals surface area contributed by atoms with Crippen molar-refractivity contribution in [2.75, 3.05) is 17.4 Å². The maximum atomic E-state index is 14.5. The summed E-state index contributed by atoms with van der Waals surface area (Å²) in [5, 5.41) is 2.75. The summed E-state index contributed by atoms with van der Waals surface area (Å²) in [5.74, 6) is -1.56. The summed E-state index contributed by atoms with van der Waals surface area (Å²) in [6, 6.07) is 21.1. The smallest absolute Gasteiger partial charge is 0.264 e. The molecule has 9 heteroatoms. The molecule has 0 spiro atoms. The summed E-state index contributed by atoms with van der Waals surface area (Å²) in [4.78, 5) is 27.7. The molecule has 0 heterocycles. The molecule has 0 aliphatic heterocycles. The quantitative estimate of drug-likeness (QED) is 0.422. The average Bonchev–Trinajstić information content (AvgIpc) is 2.90. The number of nitrogens with one attached hydrogen (secondary N) is 1. The molecule has 0 bridgehead atoms. The molecular formula is C27H30FN3O4S. The van der Waals surface area contributed by atoms with Gasteiger partial charge in [0.25, 0.3) is 10.0 Å². The third-order valence-corrected chi connectivity index (χ3v) is 7.46. The molecule has 1 atom stereocenters. The first-order valence-electron chi connectivity index (χ1n) is 11.7. The number of carbonyl (C=O) groups excluding carboxylic acids is 2. The van der Waals surface area contributed by atoms with E-state index in [1.165, 1.54) is 35.2 Å². The molecule has 0 fully saturated rings. The molecule has 0 unspecified atom stereocenters. The fourth-order valence-electron chi connectivity index (χ4n) is 3.63. The molecule has 1 N–H and O–H groups in total. The SMILES string of the molecule is CCCNC(=O)[C@H](C)N(Cc1ccccc1F)C(=O)CN(c1ccccc1)S(=O)(=O)c1ccccc1. The second-order valence-electron chi connectivity index (χ2n) is 8.24.